The molecular weight excluding hydrogens is 321 g/mol. The quantitative estimate of drug-likeness (QED) is 0.781. The average Bonchev–Trinajstić information content (AvgIpc) is 2.99. The molecule has 1 saturated heterocycles. The number of likely N-dealkylation sites (tertiary alicyclic amines) is 1. The standard InChI is InChI=1S/C20H26FNO3/c1-14(15-9-6-5-7-10-15)22-13-19(17(24)25-18(2,3)4)11-8-12-20(19,21)16(22)23/h5-7,9-10,14H,8,11-13H2,1-4H3/t14-,19?,20+/m1/s1. The minimum Gasteiger partial charge on any atom is -0.459 e. The van der Waals surface area contributed by atoms with E-state index in [1.807, 2.05) is 37.3 Å². The van der Waals surface area contributed by atoms with Crippen molar-refractivity contribution < 1.29 is 18.7 Å². The number of carbonyl (C=O) groups excluding carboxylic acids is 2. The van der Waals surface area contributed by atoms with E-state index >= 15 is 4.39 Å². The second-order valence-electron chi connectivity index (χ2n) is 8.26. The van der Waals surface area contributed by atoms with Gasteiger partial charge in [-0.15, -0.1) is 0 Å². The third kappa shape index (κ3) is 2.74. The molecule has 1 aliphatic carbocycles. The number of amides is 1. The van der Waals surface area contributed by atoms with Crippen LogP contribution in [0, 0.1) is 5.41 Å². The van der Waals surface area contributed by atoms with Crippen molar-refractivity contribution in [1.82, 2.24) is 4.90 Å². The molecule has 3 rings (SSSR count). The fourth-order valence-electron chi connectivity index (χ4n) is 4.11. The van der Waals surface area contributed by atoms with Gasteiger partial charge in [-0.2, -0.15) is 0 Å². The van der Waals surface area contributed by atoms with Gasteiger partial charge in [0.25, 0.3) is 5.91 Å². The number of rotatable bonds is 3. The summed E-state index contributed by atoms with van der Waals surface area (Å²) in [7, 11) is 0. The van der Waals surface area contributed by atoms with Gasteiger partial charge < -0.3 is 9.64 Å². The van der Waals surface area contributed by atoms with Gasteiger partial charge in [0.15, 0.2) is 0 Å². The maximum atomic E-state index is 15.8. The monoisotopic (exact) mass is 347 g/mol. The van der Waals surface area contributed by atoms with Gasteiger partial charge in [0.1, 0.15) is 11.0 Å². The highest BCUT2D eigenvalue weighted by Gasteiger charge is 2.72. The van der Waals surface area contributed by atoms with Crippen LogP contribution in [-0.2, 0) is 14.3 Å². The Labute approximate surface area is 148 Å². The summed E-state index contributed by atoms with van der Waals surface area (Å²) >= 11 is 0. The molecule has 1 unspecified atom stereocenters. The first-order valence-corrected chi connectivity index (χ1v) is 8.89. The van der Waals surface area contributed by atoms with Crippen molar-refractivity contribution in [1.29, 1.82) is 0 Å². The zero-order chi connectivity index (χ0) is 18.5. The van der Waals surface area contributed by atoms with Crippen molar-refractivity contribution in [2.24, 2.45) is 5.41 Å². The Hall–Kier alpha value is -1.91. The Morgan fingerprint density at radius 3 is 2.48 bits per heavy atom. The van der Waals surface area contributed by atoms with Crippen LogP contribution in [0.5, 0.6) is 0 Å². The summed E-state index contributed by atoms with van der Waals surface area (Å²) in [4.78, 5) is 27.3. The molecule has 3 atom stereocenters. The Morgan fingerprint density at radius 2 is 1.88 bits per heavy atom. The molecule has 1 aromatic rings. The molecule has 0 radical (unpaired) electrons. The summed E-state index contributed by atoms with van der Waals surface area (Å²) in [6.07, 6.45) is 0.959. The van der Waals surface area contributed by atoms with Crippen LogP contribution in [0.1, 0.15) is 58.6 Å². The van der Waals surface area contributed by atoms with Gasteiger partial charge >= 0.3 is 5.97 Å². The number of alkyl halides is 1. The summed E-state index contributed by atoms with van der Waals surface area (Å²) in [5, 5.41) is 0. The highest BCUT2D eigenvalue weighted by atomic mass is 19.1. The molecule has 2 aliphatic rings. The zero-order valence-electron chi connectivity index (χ0n) is 15.3. The predicted octanol–water partition coefficient (Wildman–Crippen LogP) is 3.81. The summed E-state index contributed by atoms with van der Waals surface area (Å²) in [5.41, 5.74) is -3.32. The van der Waals surface area contributed by atoms with Gasteiger partial charge in [0.05, 0.1) is 6.04 Å². The number of hydrogen-bond acceptors (Lipinski definition) is 3. The second kappa shape index (κ2) is 5.82. The zero-order valence-corrected chi connectivity index (χ0v) is 15.3. The van der Waals surface area contributed by atoms with Gasteiger partial charge in [-0.25, -0.2) is 4.39 Å². The van der Waals surface area contributed by atoms with Crippen LogP contribution >= 0.6 is 0 Å². The van der Waals surface area contributed by atoms with Crippen LogP contribution in [0.4, 0.5) is 4.39 Å². The molecule has 4 nitrogen and oxygen atoms in total. The molecule has 5 heteroatoms. The van der Waals surface area contributed by atoms with E-state index in [1.165, 1.54) is 4.90 Å². The lowest BCUT2D eigenvalue weighted by Crippen LogP contribution is -2.49. The third-order valence-electron chi connectivity index (χ3n) is 5.46. The fourth-order valence-corrected chi connectivity index (χ4v) is 4.11. The first-order valence-electron chi connectivity index (χ1n) is 8.89. The smallest absolute Gasteiger partial charge is 0.318 e. The van der Waals surface area contributed by atoms with Gasteiger partial charge in [-0.05, 0) is 52.5 Å². The lowest BCUT2D eigenvalue weighted by Gasteiger charge is -2.32. The second-order valence-corrected chi connectivity index (χ2v) is 8.26. The van der Waals surface area contributed by atoms with Crippen LogP contribution < -0.4 is 0 Å². The summed E-state index contributed by atoms with van der Waals surface area (Å²) in [6, 6.07) is 9.22. The van der Waals surface area contributed by atoms with Crippen molar-refractivity contribution in [3.05, 3.63) is 35.9 Å². The number of hydrogen-bond donors (Lipinski definition) is 0. The van der Waals surface area contributed by atoms with Crippen molar-refractivity contribution in [3.8, 4) is 0 Å². The highest BCUT2D eigenvalue weighted by molar-refractivity contribution is 5.98. The van der Waals surface area contributed by atoms with Gasteiger partial charge in [-0.1, -0.05) is 30.3 Å². The van der Waals surface area contributed by atoms with Crippen LogP contribution in [0.2, 0.25) is 0 Å². The van der Waals surface area contributed by atoms with Crippen LogP contribution in [0.3, 0.4) is 0 Å². The molecule has 136 valence electrons. The molecule has 1 aliphatic heterocycles. The van der Waals surface area contributed by atoms with E-state index < -0.39 is 28.6 Å². The van der Waals surface area contributed by atoms with Gasteiger partial charge in [0.2, 0.25) is 5.67 Å². The Balaban J connectivity index is 1.94. The predicted molar refractivity (Wildman–Crippen MR) is 92.5 cm³/mol. The van der Waals surface area contributed by atoms with E-state index in [0.29, 0.717) is 12.8 Å². The summed E-state index contributed by atoms with van der Waals surface area (Å²) in [6.45, 7) is 7.24. The maximum absolute atomic E-state index is 15.8. The normalized spacial score (nSPS) is 30.3. The minimum absolute atomic E-state index is 0.0767. The number of fused-ring (bicyclic) bond motifs is 1. The van der Waals surface area contributed by atoms with Crippen molar-refractivity contribution in [2.75, 3.05) is 6.54 Å². The number of nitrogens with zero attached hydrogens (tertiary/aromatic N) is 1. The molecule has 0 spiro atoms. The molecular formula is C20H26FNO3. The minimum atomic E-state index is -2.15. The molecule has 0 N–H and O–H groups in total. The van der Waals surface area contributed by atoms with Gasteiger partial charge in [0, 0.05) is 6.54 Å². The topological polar surface area (TPSA) is 46.6 Å². The number of benzene rings is 1. The van der Waals surface area contributed by atoms with E-state index in [2.05, 4.69) is 0 Å². The van der Waals surface area contributed by atoms with Crippen LogP contribution in [0.15, 0.2) is 30.3 Å². The molecule has 0 aromatic heterocycles. The summed E-state index contributed by atoms with van der Waals surface area (Å²) < 4.78 is 21.3. The largest absolute Gasteiger partial charge is 0.459 e. The van der Waals surface area contributed by atoms with Crippen LogP contribution in [0.25, 0.3) is 0 Å². The molecule has 0 bridgehead atoms. The van der Waals surface area contributed by atoms with Crippen molar-refractivity contribution >= 4 is 11.9 Å². The fraction of sp³-hybridized carbons (Fsp3) is 0.600. The SMILES string of the molecule is C[C@H](c1ccccc1)N1CC2(C(=O)OC(C)(C)C)CCC[C@]2(F)C1=O. The Morgan fingerprint density at radius 1 is 1.24 bits per heavy atom. The molecule has 1 amide bonds. The Bertz CT molecular complexity index is 684. The molecule has 2 fully saturated rings. The van der Waals surface area contributed by atoms with Crippen molar-refractivity contribution in [2.45, 2.75) is 64.3 Å². The van der Waals surface area contributed by atoms with E-state index in [-0.39, 0.29) is 19.0 Å². The lowest BCUT2D eigenvalue weighted by atomic mass is 9.78. The maximum Gasteiger partial charge on any atom is 0.318 e. The van der Waals surface area contributed by atoms with Gasteiger partial charge in [-0.3, -0.25) is 9.59 Å². The molecule has 1 saturated carbocycles. The number of carbonyl (C=O) groups is 2. The first kappa shape index (κ1) is 17.9. The van der Waals surface area contributed by atoms with E-state index in [9.17, 15) is 9.59 Å². The number of esters is 1. The highest BCUT2D eigenvalue weighted by Crippen LogP contribution is 2.57. The van der Waals surface area contributed by atoms with E-state index in [4.69, 9.17) is 4.74 Å². The molecule has 25 heavy (non-hydrogen) atoms. The molecule has 1 heterocycles. The van der Waals surface area contributed by atoms with E-state index in [0.717, 1.165) is 5.56 Å². The van der Waals surface area contributed by atoms with E-state index in [1.54, 1.807) is 20.8 Å². The average molecular weight is 347 g/mol. The number of halogens is 1. The lowest BCUT2D eigenvalue weighted by molar-refractivity contribution is -0.174. The van der Waals surface area contributed by atoms with Crippen LogP contribution in [-0.4, -0.2) is 34.6 Å². The third-order valence-corrected chi connectivity index (χ3v) is 5.46. The Kier molecular flexibility index (Phi) is 4.17. The number of ether oxygens (including phenoxy) is 1. The van der Waals surface area contributed by atoms with Crippen molar-refractivity contribution in [3.63, 3.8) is 0 Å². The summed E-state index contributed by atoms with van der Waals surface area (Å²) in [5.74, 6) is -1.16. The first-order chi connectivity index (χ1) is 11.6. The molecule has 1 aromatic carbocycles.